The number of rotatable bonds is 0. The van der Waals surface area contributed by atoms with Gasteiger partial charge in [0.1, 0.15) is 0 Å². The first-order valence-corrected chi connectivity index (χ1v) is 3.98. The number of isocyanates is 2. The summed E-state index contributed by atoms with van der Waals surface area (Å²) in [6.45, 7) is 4.00. The molecule has 0 unspecified atom stereocenters. The van der Waals surface area contributed by atoms with Crippen molar-refractivity contribution in [2.45, 2.75) is 13.8 Å². The molecule has 14 heavy (non-hydrogen) atoms. The van der Waals surface area contributed by atoms with Crippen LogP contribution in [0.15, 0.2) is 24.3 Å². The zero-order valence-corrected chi connectivity index (χ0v) is 8.13. The molecule has 2 aliphatic rings. The Hall–Kier alpha value is -2.02. The van der Waals surface area contributed by atoms with Crippen molar-refractivity contribution in [3.8, 4) is 11.1 Å². The third-order valence-corrected chi connectivity index (χ3v) is 1.11. The van der Waals surface area contributed by atoms with Crippen molar-refractivity contribution in [3.05, 3.63) is 24.3 Å². The summed E-state index contributed by atoms with van der Waals surface area (Å²) in [5, 5.41) is 10.8. The quantitative estimate of drug-likeness (QED) is 0.496. The maximum Gasteiger partial charge on any atom is 0.231 e. The Morgan fingerprint density at radius 1 is 1.00 bits per heavy atom. The van der Waals surface area contributed by atoms with Crippen LogP contribution < -0.4 is 0 Å². The Balaban J connectivity index is 0. The summed E-state index contributed by atoms with van der Waals surface area (Å²) in [4.78, 5) is 16.7. The van der Waals surface area contributed by atoms with Crippen LogP contribution in [0.25, 0.3) is 11.1 Å². The van der Waals surface area contributed by atoms with Crippen molar-refractivity contribution in [2.75, 3.05) is 0 Å². The number of carbonyl (C=O) groups excluding carboxylic acids is 2. The molecule has 2 N–H and O–H groups in total. The minimum Gasteiger partial charge on any atom is -0.222 e. The minimum atomic E-state index is 0.750. The van der Waals surface area contributed by atoms with E-state index in [1.807, 2.05) is 13.8 Å². The highest BCUT2D eigenvalue weighted by atomic mass is 16.1. The second-order valence-electron chi connectivity index (χ2n) is 1.78. The van der Waals surface area contributed by atoms with Crippen molar-refractivity contribution < 1.29 is 9.59 Å². The van der Waals surface area contributed by atoms with Crippen LogP contribution >= 0.6 is 0 Å². The summed E-state index contributed by atoms with van der Waals surface area (Å²) in [7, 11) is 0. The van der Waals surface area contributed by atoms with E-state index in [9.17, 15) is 0 Å². The Kier molecular flexibility index (Phi) is 11.4. The molecule has 0 heterocycles. The lowest BCUT2D eigenvalue weighted by atomic mass is 10.6. The van der Waals surface area contributed by atoms with Gasteiger partial charge in [0.15, 0.2) is 0 Å². The van der Waals surface area contributed by atoms with E-state index in [-0.39, 0.29) is 0 Å². The van der Waals surface area contributed by atoms with Crippen molar-refractivity contribution in [1.29, 1.82) is 10.8 Å². The van der Waals surface area contributed by atoms with Gasteiger partial charge in [-0.05, 0) is 17.2 Å². The van der Waals surface area contributed by atoms with E-state index in [1.54, 1.807) is 0 Å². The zero-order chi connectivity index (χ0) is 11.4. The molecule has 4 heteroatoms. The maximum absolute atomic E-state index is 8.35. The summed E-state index contributed by atoms with van der Waals surface area (Å²) in [6, 6.07) is 8.48. The molecule has 0 spiro atoms. The van der Waals surface area contributed by atoms with E-state index < -0.39 is 0 Å². The molecule has 4 nitrogen and oxygen atoms in total. The van der Waals surface area contributed by atoms with Gasteiger partial charge in [-0.3, -0.25) is 0 Å². The van der Waals surface area contributed by atoms with Gasteiger partial charge in [0.2, 0.25) is 12.2 Å². The fourth-order valence-corrected chi connectivity index (χ4v) is 0.676. The molecule has 74 valence electrons. The highest BCUT2D eigenvalue weighted by Crippen LogP contribution is 2.32. The lowest BCUT2D eigenvalue weighted by molar-refractivity contribution is 0.562. The molecule has 0 radical (unpaired) electrons. The standard InChI is InChI=1S/C6H4.C2H6.2CHNO/c1-2-5-4-6(5)3-1;1-2;2*2-1-3/h1-4H;1-2H3;2*2H. The first kappa shape index (κ1) is 14.5. The monoisotopic (exact) mass is 192 g/mol. The van der Waals surface area contributed by atoms with Crippen LogP contribution in [-0.4, -0.2) is 12.2 Å². The highest BCUT2D eigenvalue weighted by molar-refractivity contribution is 5.80. The topological polar surface area (TPSA) is 81.8 Å². The number of fused-ring (bicyclic) bond motifs is 1. The molecule has 0 fully saturated rings. The molecule has 0 aromatic heterocycles. The predicted molar refractivity (Wildman–Crippen MR) is 53.6 cm³/mol. The van der Waals surface area contributed by atoms with E-state index in [1.165, 1.54) is 11.1 Å². The Labute approximate surface area is 82.6 Å². The van der Waals surface area contributed by atoms with Crippen LogP contribution in [0.1, 0.15) is 13.8 Å². The van der Waals surface area contributed by atoms with Crippen molar-refractivity contribution in [2.24, 2.45) is 0 Å². The zero-order valence-electron chi connectivity index (χ0n) is 8.13. The third kappa shape index (κ3) is 8.08. The molecule has 0 aromatic carbocycles. The average molecular weight is 192 g/mol. The van der Waals surface area contributed by atoms with Crippen LogP contribution in [0.4, 0.5) is 0 Å². The largest absolute Gasteiger partial charge is 0.231 e. The van der Waals surface area contributed by atoms with Crippen LogP contribution in [0.3, 0.4) is 0 Å². The Bertz CT molecular complexity index is 293. The smallest absolute Gasteiger partial charge is 0.222 e. The summed E-state index contributed by atoms with van der Waals surface area (Å²) in [5.74, 6) is 0. The molecule has 2 aliphatic carbocycles. The maximum atomic E-state index is 8.35. The van der Waals surface area contributed by atoms with Crippen molar-refractivity contribution >= 4 is 12.2 Å². The minimum absolute atomic E-state index is 0.750. The summed E-state index contributed by atoms with van der Waals surface area (Å²) in [6.07, 6.45) is 1.50. The normalized spacial score (nSPS) is 6.43. The van der Waals surface area contributed by atoms with E-state index in [2.05, 4.69) is 24.3 Å². The fourth-order valence-electron chi connectivity index (χ4n) is 0.676. The Morgan fingerprint density at radius 2 is 1.29 bits per heavy atom. The van der Waals surface area contributed by atoms with Crippen LogP contribution in [0, 0.1) is 10.8 Å². The van der Waals surface area contributed by atoms with Crippen molar-refractivity contribution in [3.63, 3.8) is 0 Å². The van der Waals surface area contributed by atoms with E-state index in [0.717, 1.165) is 12.2 Å². The average Bonchev–Trinajstić information content (AvgIpc) is 2.80. The molecule has 0 amide bonds. The molecular formula is C10H12N2O2. The molecule has 0 bridgehead atoms. The summed E-state index contributed by atoms with van der Waals surface area (Å²) >= 11 is 0. The van der Waals surface area contributed by atoms with Crippen molar-refractivity contribution in [1.82, 2.24) is 0 Å². The Morgan fingerprint density at radius 3 is 1.36 bits per heavy atom. The van der Waals surface area contributed by atoms with E-state index in [0.29, 0.717) is 0 Å². The lowest BCUT2D eigenvalue weighted by Gasteiger charge is -1.48. The van der Waals surface area contributed by atoms with Gasteiger partial charge < -0.3 is 0 Å². The summed E-state index contributed by atoms with van der Waals surface area (Å²) in [5.41, 5.74) is 2.85. The predicted octanol–water partition coefficient (Wildman–Crippen LogP) is 2.50. The number of hydrogen-bond acceptors (Lipinski definition) is 4. The number of benzene rings is 1. The summed E-state index contributed by atoms with van der Waals surface area (Å²) < 4.78 is 0. The van der Waals surface area contributed by atoms with Crippen LogP contribution in [-0.2, 0) is 9.59 Å². The SMILES string of the molecule is CC.N=C=O.N=C=O.c1cc2cc-2c1. The third-order valence-electron chi connectivity index (χ3n) is 1.11. The van der Waals surface area contributed by atoms with Gasteiger partial charge >= 0.3 is 0 Å². The first-order chi connectivity index (χ1) is 6.79. The van der Waals surface area contributed by atoms with Crippen LogP contribution in [0.2, 0.25) is 0 Å². The molecule has 2 rings (SSSR count). The molecule has 0 aromatic rings. The molecule has 0 atom stereocenters. The number of nitrogens with one attached hydrogen (secondary N) is 2. The van der Waals surface area contributed by atoms with Gasteiger partial charge in [0.25, 0.3) is 0 Å². The molecule has 0 aliphatic heterocycles. The van der Waals surface area contributed by atoms with Gasteiger partial charge in [-0.1, -0.05) is 32.0 Å². The van der Waals surface area contributed by atoms with Gasteiger partial charge in [0.05, 0.1) is 0 Å². The lowest BCUT2D eigenvalue weighted by Crippen LogP contribution is -1.23. The molecule has 0 saturated carbocycles. The molecular weight excluding hydrogens is 180 g/mol. The number of hydrogen-bond donors (Lipinski definition) is 2. The van der Waals surface area contributed by atoms with E-state index >= 15 is 0 Å². The van der Waals surface area contributed by atoms with Gasteiger partial charge in [-0.15, -0.1) is 0 Å². The second-order valence-corrected chi connectivity index (χ2v) is 1.78. The van der Waals surface area contributed by atoms with E-state index in [4.69, 9.17) is 20.4 Å². The van der Waals surface area contributed by atoms with Crippen LogP contribution in [0.5, 0.6) is 0 Å². The fraction of sp³-hybridized carbons (Fsp3) is 0.200. The van der Waals surface area contributed by atoms with Gasteiger partial charge in [0, 0.05) is 0 Å². The highest BCUT2D eigenvalue weighted by Gasteiger charge is 2.06. The van der Waals surface area contributed by atoms with Gasteiger partial charge in [-0.2, -0.15) is 0 Å². The molecule has 0 saturated heterocycles. The van der Waals surface area contributed by atoms with Gasteiger partial charge in [-0.25, -0.2) is 20.4 Å². The second kappa shape index (κ2) is 11.0. The first-order valence-electron chi connectivity index (χ1n) is 3.98.